The number of nitrogens with two attached hydrogens (primary N) is 1. The molecule has 6 N–H and O–H groups in total. The van der Waals surface area contributed by atoms with E-state index in [1.165, 1.54) is 13.8 Å². The molecule has 136 valence electrons. The van der Waals surface area contributed by atoms with Crippen molar-refractivity contribution in [1.82, 2.24) is 10.6 Å². The molecule has 11 nitrogen and oxygen atoms in total. The molecule has 0 radical (unpaired) electrons. The average molecular weight is 364 g/mol. The summed E-state index contributed by atoms with van der Waals surface area (Å²) in [5.41, 5.74) is 5.29. The maximum absolute atomic E-state index is 12.1. The van der Waals surface area contributed by atoms with E-state index in [1.807, 2.05) is 0 Å². The van der Waals surface area contributed by atoms with Gasteiger partial charge in [-0.2, -0.15) is 0 Å². The number of carbonyl (C=O) groups excluding carboxylic acids is 2. The van der Waals surface area contributed by atoms with Crippen LogP contribution in [0.4, 0.5) is 0 Å². The van der Waals surface area contributed by atoms with Gasteiger partial charge in [0.25, 0.3) is 0 Å². The first-order valence-corrected chi connectivity index (χ1v) is 7.56. The van der Waals surface area contributed by atoms with Crippen molar-refractivity contribution in [3.05, 3.63) is 4.91 Å². The number of nitrogens with one attached hydrogen (secondary N) is 2. The topological polar surface area (TPSA) is 188 Å². The average Bonchev–Trinajstić information content (AvgIpc) is 2.47. The number of nitrogens with zero attached hydrogens (tertiary/aromatic N) is 1. The molecule has 0 fully saturated rings. The molecule has 0 spiro atoms. The molecule has 0 aromatic carbocycles. The van der Waals surface area contributed by atoms with Crippen LogP contribution < -0.4 is 16.4 Å². The molecule has 2 unspecified atom stereocenters. The minimum Gasteiger partial charge on any atom is -0.480 e. The van der Waals surface area contributed by atoms with Crippen molar-refractivity contribution in [1.29, 1.82) is 0 Å². The summed E-state index contributed by atoms with van der Waals surface area (Å²) >= 11 is 0.503. The van der Waals surface area contributed by atoms with Crippen molar-refractivity contribution in [2.75, 3.05) is 6.54 Å². The van der Waals surface area contributed by atoms with Gasteiger partial charge in [-0.15, -0.1) is 4.91 Å². The maximum Gasteiger partial charge on any atom is 0.322 e. The smallest absolute Gasteiger partial charge is 0.322 e. The van der Waals surface area contributed by atoms with Gasteiger partial charge in [-0.1, -0.05) is 0 Å². The van der Waals surface area contributed by atoms with Gasteiger partial charge in [0.2, 0.25) is 11.8 Å². The molecule has 0 aromatic rings. The molecule has 0 aliphatic rings. The third kappa shape index (κ3) is 7.87. The van der Waals surface area contributed by atoms with Crippen LogP contribution in [0, 0.1) is 4.91 Å². The van der Waals surface area contributed by atoms with E-state index >= 15 is 0 Å². The molecule has 24 heavy (non-hydrogen) atoms. The van der Waals surface area contributed by atoms with E-state index in [4.69, 9.17) is 15.9 Å². The van der Waals surface area contributed by atoms with Gasteiger partial charge in [0.15, 0.2) is 0 Å². The Morgan fingerprint density at radius 3 is 2.29 bits per heavy atom. The van der Waals surface area contributed by atoms with Crippen molar-refractivity contribution < 1.29 is 29.4 Å². The first kappa shape index (κ1) is 21.8. The minimum absolute atomic E-state index is 0.149. The van der Waals surface area contributed by atoms with E-state index in [-0.39, 0.29) is 12.8 Å². The highest BCUT2D eigenvalue weighted by Crippen LogP contribution is 2.29. The zero-order valence-electron chi connectivity index (χ0n) is 13.1. The van der Waals surface area contributed by atoms with E-state index in [0.29, 0.717) is 11.9 Å². The maximum atomic E-state index is 12.1. The normalized spacial score (nSPS) is 13.5. The van der Waals surface area contributed by atoms with Crippen LogP contribution in [0.25, 0.3) is 0 Å². The van der Waals surface area contributed by atoms with Gasteiger partial charge < -0.3 is 26.6 Å². The monoisotopic (exact) mass is 364 g/mol. The first-order chi connectivity index (χ1) is 11.0. The van der Waals surface area contributed by atoms with Gasteiger partial charge in [-0.05, 0) is 20.3 Å². The molecule has 0 bridgehead atoms. The highest BCUT2D eigenvalue weighted by atomic mass is 32.2. The van der Waals surface area contributed by atoms with Gasteiger partial charge in [-0.25, -0.2) is 0 Å². The Kier molecular flexibility index (Phi) is 8.92. The third-order valence-corrected chi connectivity index (χ3v) is 3.73. The Hall–Kier alpha value is -2.21. The zero-order chi connectivity index (χ0) is 18.9. The predicted octanol–water partition coefficient (Wildman–Crippen LogP) is -0.943. The van der Waals surface area contributed by atoms with Gasteiger partial charge in [0.05, 0.1) is 4.75 Å². The van der Waals surface area contributed by atoms with Crippen molar-refractivity contribution in [3.8, 4) is 0 Å². The summed E-state index contributed by atoms with van der Waals surface area (Å²) in [5, 5.41) is 21.7. The summed E-state index contributed by atoms with van der Waals surface area (Å²) in [6, 6.07) is -2.48. The molecular weight excluding hydrogens is 344 g/mol. The SMILES string of the molecule is CC(C)(SN=O)C(NC(=O)CCC(N)C(=O)O)C(=O)NCC(=O)O. The predicted molar refractivity (Wildman–Crippen MR) is 84.9 cm³/mol. The van der Waals surface area contributed by atoms with Crippen molar-refractivity contribution in [2.24, 2.45) is 10.3 Å². The second-order valence-corrected chi connectivity index (χ2v) is 6.75. The van der Waals surface area contributed by atoms with Crippen LogP contribution in [0.15, 0.2) is 4.58 Å². The van der Waals surface area contributed by atoms with Crippen LogP contribution >= 0.6 is 11.9 Å². The molecule has 0 aromatic heterocycles. The fourth-order valence-electron chi connectivity index (χ4n) is 1.61. The summed E-state index contributed by atoms with van der Waals surface area (Å²) in [7, 11) is 0. The van der Waals surface area contributed by atoms with E-state index in [0.717, 1.165) is 0 Å². The van der Waals surface area contributed by atoms with E-state index in [1.54, 1.807) is 0 Å². The molecule has 0 aliphatic heterocycles. The largest absolute Gasteiger partial charge is 0.480 e. The molecule has 0 heterocycles. The number of carboxylic acid groups (broad SMARTS) is 2. The number of carbonyl (C=O) groups is 4. The minimum atomic E-state index is -1.28. The molecular formula is C12H20N4O7S. The lowest BCUT2D eigenvalue weighted by atomic mass is 10.0. The van der Waals surface area contributed by atoms with Crippen molar-refractivity contribution in [2.45, 2.75) is 43.5 Å². The zero-order valence-corrected chi connectivity index (χ0v) is 14.0. The summed E-state index contributed by atoms with van der Waals surface area (Å²) < 4.78 is 1.47. The van der Waals surface area contributed by atoms with Crippen molar-refractivity contribution in [3.63, 3.8) is 0 Å². The fourth-order valence-corrected chi connectivity index (χ4v) is 2.08. The molecule has 2 amide bonds. The summed E-state index contributed by atoms with van der Waals surface area (Å²) in [5.74, 6) is -4.02. The third-order valence-electron chi connectivity index (χ3n) is 2.95. The van der Waals surface area contributed by atoms with Crippen LogP contribution in [0.2, 0.25) is 0 Å². The highest BCUT2D eigenvalue weighted by molar-refractivity contribution is 7.99. The second-order valence-electron chi connectivity index (χ2n) is 5.36. The molecule has 0 rings (SSSR count). The Morgan fingerprint density at radius 1 is 1.25 bits per heavy atom. The molecule has 12 heteroatoms. The Labute approximate surface area is 141 Å². The number of aliphatic carboxylic acids is 2. The first-order valence-electron chi connectivity index (χ1n) is 6.79. The van der Waals surface area contributed by atoms with Crippen molar-refractivity contribution >= 4 is 35.7 Å². The van der Waals surface area contributed by atoms with E-state index < -0.39 is 47.1 Å². The lowest BCUT2D eigenvalue weighted by Crippen LogP contribution is -2.57. The molecule has 0 aliphatic carbocycles. The fraction of sp³-hybridized carbons (Fsp3) is 0.667. The van der Waals surface area contributed by atoms with Crippen LogP contribution in [-0.4, -0.2) is 57.3 Å². The number of amides is 2. The number of nitroso groups, excluding NO2 is 1. The lowest BCUT2D eigenvalue weighted by molar-refractivity contribution is -0.139. The Bertz CT molecular complexity index is 512. The number of hydrogen-bond acceptors (Lipinski definition) is 8. The quantitative estimate of drug-likeness (QED) is 0.227. The second kappa shape index (κ2) is 9.82. The highest BCUT2D eigenvalue weighted by Gasteiger charge is 2.38. The molecule has 0 saturated carbocycles. The van der Waals surface area contributed by atoms with Crippen LogP contribution in [0.3, 0.4) is 0 Å². The van der Waals surface area contributed by atoms with Gasteiger partial charge >= 0.3 is 11.9 Å². The van der Waals surface area contributed by atoms with Crippen LogP contribution in [-0.2, 0) is 19.2 Å². The summed E-state index contributed by atoms with van der Waals surface area (Å²) in [6.07, 6.45) is -0.407. The number of hydrogen-bond donors (Lipinski definition) is 5. The number of carboxylic acids is 2. The molecule has 2 atom stereocenters. The van der Waals surface area contributed by atoms with E-state index in [9.17, 15) is 24.1 Å². The Morgan fingerprint density at radius 2 is 1.83 bits per heavy atom. The molecule has 0 saturated heterocycles. The van der Waals surface area contributed by atoms with Gasteiger partial charge in [-0.3, -0.25) is 19.2 Å². The lowest BCUT2D eigenvalue weighted by Gasteiger charge is -2.30. The summed E-state index contributed by atoms with van der Waals surface area (Å²) in [4.78, 5) is 55.6. The summed E-state index contributed by atoms with van der Waals surface area (Å²) in [6.45, 7) is 2.27. The standard InChI is InChI=1S/C12H20N4O7S/c1-12(2,24-16-23)9(10(20)14-5-8(18)19)15-7(17)4-3-6(13)11(21)22/h6,9H,3-5,13H2,1-2H3,(H,14,20)(H,15,17)(H,18,19)(H,21,22). The van der Waals surface area contributed by atoms with Gasteiger partial charge in [0.1, 0.15) is 18.6 Å². The van der Waals surface area contributed by atoms with Gasteiger partial charge in [0, 0.05) is 23.0 Å². The van der Waals surface area contributed by atoms with Crippen LogP contribution in [0.1, 0.15) is 26.7 Å². The van der Waals surface area contributed by atoms with Crippen LogP contribution in [0.5, 0.6) is 0 Å². The Balaban J connectivity index is 4.96. The number of rotatable bonds is 11. The van der Waals surface area contributed by atoms with E-state index in [2.05, 4.69) is 15.2 Å².